The molecule has 2 N–H and O–H groups in total. The molecule has 0 aromatic rings. The molecule has 0 bridgehead atoms. The predicted octanol–water partition coefficient (Wildman–Crippen LogP) is 1.78. The molecule has 0 aromatic heterocycles. The first-order valence-electron chi connectivity index (χ1n) is 5.11. The lowest BCUT2D eigenvalue weighted by molar-refractivity contribution is 0.261. The van der Waals surface area contributed by atoms with Gasteiger partial charge in [0.2, 0.25) is 0 Å². The fraction of sp³-hybridized carbons (Fsp3) is 0.900. The molecule has 13 heavy (non-hydrogen) atoms. The van der Waals surface area contributed by atoms with E-state index >= 15 is 0 Å². The van der Waals surface area contributed by atoms with Gasteiger partial charge in [0.25, 0.3) is 0 Å². The molecule has 1 aliphatic rings. The van der Waals surface area contributed by atoms with E-state index in [1.807, 2.05) is 0 Å². The minimum atomic E-state index is 0.246. The van der Waals surface area contributed by atoms with Crippen LogP contribution in [-0.4, -0.2) is 29.5 Å². The summed E-state index contributed by atoms with van der Waals surface area (Å²) in [5, 5.41) is 0. The standard InChI is InChI=1S/C10H20N2S/c1-8(10(11)13)12(2)7-9-5-3-4-6-9/h8-9H,3-7H2,1-2H3,(H2,11,13). The molecule has 3 heteroatoms. The van der Waals surface area contributed by atoms with E-state index in [0.29, 0.717) is 4.99 Å². The maximum absolute atomic E-state index is 5.60. The average molecular weight is 200 g/mol. The summed E-state index contributed by atoms with van der Waals surface area (Å²) in [5.74, 6) is 0.877. The topological polar surface area (TPSA) is 29.3 Å². The second kappa shape index (κ2) is 4.91. The highest BCUT2D eigenvalue weighted by Crippen LogP contribution is 2.25. The van der Waals surface area contributed by atoms with Crippen molar-refractivity contribution in [2.75, 3.05) is 13.6 Å². The second-order valence-corrected chi connectivity index (χ2v) is 4.64. The van der Waals surface area contributed by atoms with Gasteiger partial charge in [0.1, 0.15) is 0 Å². The minimum absolute atomic E-state index is 0.246. The van der Waals surface area contributed by atoms with E-state index in [-0.39, 0.29) is 6.04 Å². The maximum Gasteiger partial charge on any atom is 0.0899 e. The normalized spacial score (nSPS) is 20.8. The smallest absolute Gasteiger partial charge is 0.0899 e. The van der Waals surface area contributed by atoms with Crippen LogP contribution in [0.1, 0.15) is 32.6 Å². The van der Waals surface area contributed by atoms with Gasteiger partial charge in [-0.25, -0.2) is 0 Å². The molecule has 0 spiro atoms. The van der Waals surface area contributed by atoms with Gasteiger partial charge in [-0.2, -0.15) is 0 Å². The number of thiocarbonyl (C=S) groups is 1. The second-order valence-electron chi connectivity index (χ2n) is 4.17. The molecule has 2 nitrogen and oxygen atoms in total. The zero-order valence-electron chi connectivity index (χ0n) is 8.62. The van der Waals surface area contributed by atoms with E-state index in [9.17, 15) is 0 Å². The molecular weight excluding hydrogens is 180 g/mol. The van der Waals surface area contributed by atoms with Crippen LogP contribution in [-0.2, 0) is 0 Å². The quantitative estimate of drug-likeness (QED) is 0.702. The highest BCUT2D eigenvalue weighted by Gasteiger charge is 2.19. The summed E-state index contributed by atoms with van der Waals surface area (Å²) in [4.78, 5) is 2.89. The lowest BCUT2D eigenvalue weighted by Crippen LogP contribution is -2.41. The van der Waals surface area contributed by atoms with Gasteiger partial charge in [-0.05, 0) is 32.7 Å². The molecule has 0 radical (unpaired) electrons. The van der Waals surface area contributed by atoms with Gasteiger partial charge in [0.15, 0.2) is 0 Å². The lowest BCUT2D eigenvalue weighted by atomic mass is 10.1. The fourth-order valence-corrected chi connectivity index (χ4v) is 2.16. The molecule has 76 valence electrons. The van der Waals surface area contributed by atoms with E-state index < -0.39 is 0 Å². The Balaban J connectivity index is 2.30. The van der Waals surface area contributed by atoms with Gasteiger partial charge in [-0.15, -0.1) is 0 Å². The Hall–Kier alpha value is -0.150. The van der Waals surface area contributed by atoms with Crippen LogP contribution in [0.4, 0.5) is 0 Å². The molecule has 1 atom stereocenters. The summed E-state index contributed by atoms with van der Waals surface area (Å²) < 4.78 is 0. The summed E-state index contributed by atoms with van der Waals surface area (Å²) in [6.45, 7) is 3.23. The number of rotatable bonds is 4. The Morgan fingerprint density at radius 2 is 2.08 bits per heavy atom. The molecule has 1 rings (SSSR count). The summed E-state index contributed by atoms with van der Waals surface area (Å²) in [6.07, 6.45) is 5.57. The van der Waals surface area contributed by atoms with E-state index in [0.717, 1.165) is 12.5 Å². The Bertz CT molecular complexity index is 176. The molecule has 1 fully saturated rings. The van der Waals surface area contributed by atoms with E-state index in [2.05, 4.69) is 18.9 Å². The number of hydrogen-bond acceptors (Lipinski definition) is 2. The third-order valence-electron chi connectivity index (χ3n) is 3.09. The highest BCUT2D eigenvalue weighted by molar-refractivity contribution is 7.80. The van der Waals surface area contributed by atoms with Gasteiger partial charge in [-0.1, -0.05) is 25.1 Å². The van der Waals surface area contributed by atoms with Crippen LogP contribution >= 0.6 is 12.2 Å². The maximum atomic E-state index is 5.60. The molecule has 1 aliphatic carbocycles. The van der Waals surface area contributed by atoms with Crippen LogP contribution < -0.4 is 5.73 Å². The third-order valence-corrected chi connectivity index (χ3v) is 3.43. The van der Waals surface area contributed by atoms with Crippen molar-refractivity contribution in [2.24, 2.45) is 11.7 Å². The molecule has 0 aromatic carbocycles. The van der Waals surface area contributed by atoms with Crippen molar-refractivity contribution in [1.82, 2.24) is 4.90 Å². The van der Waals surface area contributed by atoms with Crippen molar-refractivity contribution in [1.29, 1.82) is 0 Å². The molecule has 1 unspecified atom stereocenters. The van der Waals surface area contributed by atoms with Crippen LogP contribution in [0, 0.1) is 5.92 Å². The Morgan fingerprint density at radius 1 is 1.54 bits per heavy atom. The number of hydrogen-bond donors (Lipinski definition) is 1. The van der Waals surface area contributed by atoms with Gasteiger partial charge in [0.05, 0.1) is 11.0 Å². The van der Waals surface area contributed by atoms with Crippen LogP contribution in [0.3, 0.4) is 0 Å². The molecular formula is C10H20N2S. The van der Waals surface area contributed by atoms with Crippen molar-refractivity contribution in [3.63, 3.8) is 0 Å². The predicted molar refractivity (Wildman–Crippen MR) is 60.8 cm³/mol. The van der Waals surface area contributed by atoms with E-state index in [4.69, 9.17) is 18.0 Å². The van der Waals surface area contributed by atoms with E-state index in [1.165, 1.54) is 25.7 Å². The monoisotopic (exact) mass is 200 g/mol. The first-order valence-corrected chi connectivity index (χ1v) is 5.51. The zero-order chi connectivity index (χ0) is 9.84. The van der Waals surface area contributed by atoms with Crippen molar-refractivity contribution in [2.45, 2.75) is 38.6 Å². The average Bonchev–Trinajstić information content (AvgIpc) is 2.55. The molecule has 1 saturated carbocycles. The molecule has 0 amide bonds. The van der Waals surface area contributed by atoms with Gasteiger partial charge >= 0.3 is 0 Å². The Labute approximate surface area is 86.5 Å². The third kappa shape index (κ3) is 3.24. The SMILES string of the molecule is CC(C(N)=S)N(C)CC1CCCC1. The zero-order valence-corrected chi connectivity index (χ0v) is 9.44. The fourth-order valence-electron chi connectivity index (χ4n) is 1.98. The first-order chi connectivity index (χ1) is 6.11. The molecule has 0 saturated heterocycles. The summed E-state index contributed by atoms with van der Waals surface area (Å²) in [6, 6.07) is 0.246. The summed E-state index contributed by atoms with van der Waals surface area (Å²) in [7, 11) is 2.11. The number of nitrogens with two attached hydrogens (primary N) is 1. The number of likely N-dealkylation sites (N-methyl/N-ethyl adjacent to an activating group) is 1. The van der Waals surface area contributed by atoms with Crippen LogP contribution in [0.25, 0.3) is 0 Å². The van der Waals surface area contributed by atoms with Crippen LogP contribution in [0.5, 0.6) is 0 Å². The summed E-state index contributed by atoms with van der Waals surface area (Å²) in [5.41, 5.74) is 5.60. The van der Waals surface area contributed by atoms with Crippen molar-refractivity contribution in [3.8, 4) is 0 Å². The number of nitrogens with zero attached hydrogens (tertiary/aromatic N) is 1. The van der Waals surface area contributed by atoms with Crippen LogP contribution in [0.15, 0.2) is 0 Å². The van der Waals surface area contributed by atoms with Crippen LogP contribution in [0.2, 0.25) is 0 Å². The van der Waals surface area contributed by atoms with E-state index in [1.54, 1.807) is 0 Å². The molecule has 0 heterocycles. The van der Waals surface area contributed by atoms with Gasteiger partial charge in [0, 0.05) is 6.54 Å². The minimum Gasteiger partial charge on any atom is -0.392 e. The van der Waals surface area contributed by atoms with Gasteiger partial charge in [-0.3, -0.25) is 4.90 Å². The molecule has 0 aliphatic heterocycles. The largest absolute Gasteiger partial charge is 0.392 e. The van der Waals surface area contributed by atoms with Crippen molar-refractivity contribution < 1.29 is 0 Å². The highest BCUT2D eigenvalue weighted by atomic mass is 32.1. The Morgan fingerprint density at radius 3 is 2.54 bits per heavy atom. The summed E-state index contributed by atoms with van der Waals surface area (Å²) >= 11 is 4.97. The van der Waals surface area contributed by atoms with Crippen molar-refractivity contribution >= 4 is 17.2 Å². The Kier molecular flexibility index (Phi) is 4.13. The first kappa shape index (κ1) is 10.9. The lowest BCUT2D eigenvalue weighted by Gasteiger charge is -2.26. The van der Waals surface area contributed by atoms with Crippen molar-refractivity contribution in [3.05, 3.63) is 0 Å². The van der Waals surface area contributed by atoms with Gasteiger partial charge < -0.3 is 5.73 Å².